The zero-order valence-electron chi connectivity index (χ0n) is 13.3. The van der Waals surface area contributed by atoms with Gasteiger partial charge >= 0.3 is 0 Å². The molecule has 1 aliphatic rings. The maximum absolute atomic E-state index is 10.3. The maximum Gasteiger partial charge on any atom is 0.0580 e. The Labute approximate surface area is 137 Å². The van der Waals surface area contributed by atoms with Crippen LogP contribution in [0.15, 0.2) is 28.7 Å². The molecule has 1 aromatic carbocycles. The van der Waals surface area contributed by atoms with Crippen LogP contribution in [-0.4, -0.2) is 29.7 Å². The van der Waals surface area contributed by atoms with Gasteiger partial charge in [0.15, 0.2) is 0 Å². The fourth-order valence-corrected chi connectivity index (χ4v) is 3.84. The molecule has 3 atom stereocenters. The van der Waals surface area contributed by atoms with Crippen LogP contribution in [0.2, 0.25) is 0 Å². The fraction of sp³-hybridized carbons (Fsp3) is 0.667. The third-order valence-corrected chi connectivity index (χ3v) is 5.19. The topological polar surface area (TPSA) is 23.5 Å². The summed E-state index contributed by atoms with van der Waals surface area (Å²) in [7, 11) is 2.16. The second-order valence-corrected chi connectivity index (χ2v) is 7.53. The SMILES string of the molecule is CCCC1CCC(O)C(CN(C)Cc2ccc(Br)cc2)C1. The van der Waals surface area contributed by atoms with Gasteiger partial charge in [-0.2, -0.15) is 0 Å². The van der Waals surface area contributed by atoms with E-state index in [9.17, 15) is 5.11 Å². The first-order chi connectivity index (χ1) is 10.1. The van der Waals surface area contributed by atoms with Crippen molar-refractivity contribution in [2.45, 2.75) is 51.7 Å². The van der Waals surface area contributed by atoms with Gasteiger partial charge in [0.05, 0.1) is 6.10 Å². The standard InChI is InChI=1S/C18H28BrNO/c1-3-4-14-7-10-18(21)16(11-14)13-20(2)12-15-5-8-17(19)9-6-15/h5-6,8-9,14,16,18,21H,3-4,7,10-13H2,1-2H3. The molecule has 1 saturated carbocycles. The molecule has 0 saturated heterocycles. The third-order valence-electron chi connectivity index (χ3n) is 4.66. The minimum Gasteiger partial charge on any atom is -0.393 e. The smallest absolute Gasteiger partial charge is 0.0580 e. The maximum atomic E-state index is 10.3. The average Bonchev–Trinajstić information content (AvgIpc) is 2.45. The summed E-state index contributed by atoms with van der Waals surface area (Å²) in [6.07, 6.45) is 5.87. The van der Waals surface area contributed by atoms with Crippen LogP contribution in [0.25, 0.3) is 0 Å². The molecule has 3 heteroatoms. The molecular weight excluding hydrogens is 326 g/mol. The van der Waals surface area contributed by atoms with Gasteiger partial charge in [0.25, 0.3) is 0 Å². The van der Waals surface area contributed by atoms with Gasteiger partial charge < -0.3 is 10.0 Å². The highest BCUT2D eigenvalue weighted by atomic mass is 79.9. The number of hydrogen-bond donors (Lipinski definition) is 1. The van der Waals surface area contributed by atoms with E-state index in [4.69, 9.17) is 0 Å². The molecule has 0 aliphatic heterocycles. The molecule has 1 aliphatic carbocycles. The first-order valence-corrected chi connectivity index (χ1v) is 8.98. The van der Waals surface area contributed by atoms with Crippen LogP contribution in [0.3, 0.4) is 0 Å². The molecule has 0 amide bonds. The zero-order valence-corrected chi connectivity index (χ0v) is 14.8. The Morgan fingerprint density at radius 3 is 2.62 bits per heavy atom. The molecule has 2 nitrogen and oxygen atoms in total. The van der Waals surface area contributed by atoms with Crippen molar-refractivity contribution in [3.05, 3.63) is 34.3 Å². The van der Waals surface area contributed by atoms with Crippen LogP contribution in [-0.2, 0) is 6.54 Å². The van der Waals surface area contributed by atoms with Crippen molar-refractivity contribution in [1.82, 2.24) is 4.90 Å². The van der Waals surface area contributed by atoms with Crippen LogP contribution in [0.5, 0.6) is 0 Å². The van der Waals surface area contributed by atoms with Crippen molar-refractivity contribution in [3.63, 3.8) is 0 Å². The molecule has 0 spiro atoms. The Kier molecular flexibility index (Phi) is 6.72. The number of halogens is 1. The van der Waals surface area contributed by atoms with Crippen molar-refractivity contribution < 1.29 is 5.11 Å². The van der Waals surface area contributed by atoms with Gasteiger partial charge in [-0.05, 0) is 55.8 Å². The van der Waals surface area contributed by atoms with E-state index < -0.39 is 0 Å². The molecule has 1 aromatic rings. The van der Waals surface area contributed by atoms with Crippen LogP contribution in [0.4, 0.5) is 0 Å². The molecule has 0 bridgehead atoms. The average molecular weight is 354 g/mol. The van der Waals surface area contributed by atoms with Crippen molar-refractivity contribution in [2.24, 2.45) is 11.8 Å². The number of rotatable bonds is 6. The zero-order chi connectivity index (χ0) is 15.2. The van der Waals surface area contributed by atoms with Crippen LogP contribution in [0.1, 0.15) is 44.6 Å². The lowest BCUT2D eigenvalue weighted by Gasteiger charge is -2.35. The van der Waals surface area contributed by atoms with Crippen LogP contribution >= 0.6 is 15.9 Å². The summed E-state index contributed by atoms with van der Waals surface area (Å²) >= 11 is 3.47. The van der Waals surface area contributed by atoms with E-state index in [1.165, 1.54) is 31.2 Å². The molecule has 2 rings (SSSR count). The Bertz CT molecular complexity index is 420. The summed E-state index contributed by atoms with van der Waals surface area (Å²) in [4.78, 5) is 2.35. The normalized spacial score (nSPS) is 26.2. The summed E-state index contributed by atoms with van der Waals surface area (Å²) in [6, 6.07) is 8.52. The quantitative estimate of drug-likeness (QED) is 0.815. The predicted molar refractivity (Wildman–Crippen MR) is 92.2 cm³/mol. The summed E-state index contributed by atoms with van der Waals surface area (Å²) in [5, 5.41) is 10.3. The monoisotopic (exact) mass is 353 g/mol. The van der Waals surface area contributed by atoms with E-state index >= 15 is 0 Å². The van der Waals surface area contributed by atoms with Gasteiger partial charge in [0, 0.05) is 17.6 Å². The number of nitrogens with zero attached hydrogens (tertiary/aromatic N) is 1. The van der Waals surface area contributed by atoms with Gasteiger partial charge in [0.1, 0.15) is 0 Å². The number of benzene rings is 1. The summed E-state index contributed by atoms with van der Waals surface area (Å²) in [6.45, 7) is 4.21. The van der Waals surface area contributed by atoms with Gasteiger partial charge in [-0.15, -0.1) is 0 Å². The molecule has 3 unspecified atom stereocenters. The molecule has 118 valence electrons. The van der Waals surface area contributed by atoms with E-state index in [0.29, 0.717) is 5.92 Å². The lowest BCUT2D eigenvalue weighted by Crippen LogP contribution is -2.37. The highest BCUT2D eigenvalue weighted by Gasteiger charge is 2.29. The van der Waals surface area contributed by atoms with Crippen LogP contribution in [0, 0.1) is 11.8 Å². The molecule has 1 fully saturated rings. The van der Waals surface area contributed by atoms with Crippen molar-refractivity contribution in [3.8, 4) is 0 Å². The van der Waals surface area contributed by atoms with Gasteiger partial charge in [-0.25, -0.2) is 0 Å². The predicted octanol–water partition coefficient (Wildman–Crippen LogP) is 4.46. The molecule has 21 heavy (non-hydrogen) atoms. The Hall–Kier alpha value is -0.380. The number of hydrogen-bond acceptors (Lipinski definition) is 2. The van der Waals surface area contributed by atoms with E-state index in [2.05, 4.69) is 59.1 Å². The molecular formula is C18H28BrNO. The lowest BCUT2D eigenvalue weighted by molar-refractivity contribution is 0.0288. The van der Waals surface area contributed by atoms with Gasteiger partial charge in [0.2, 0.25) is 0 Å². The Morgan fingerprint density at radius 2 is 1.95 bits per heavy atom. The number of aliphatic hydroxyl groups excluding tert-OH is 1. The number of aliphatic hydroxyl groups is 1. The summed E-state index contributed by atoms with van der Waals surface area (Å²) in [5.74, 6) is 1.26. The van der Waals surface area contributed by atoms with E-state index in [-0.39, 0.29) is 6.10 Å². The highest BCUT2D eigenvalue weighted by molar-refractivity contribution is 9.10. The molecule has 0 aromatic heterocycles. The third kappa shape index (κ3) is 5.39. The van der Waals surface area contributed by atoms with Crippen molar-refractivity contribution in [2.75, 3.05) is 13.6 Å². The summed E-state index contributed by atoms with van der Waals surface area (Å²) in [5.41, 5.74) is 1.33. The molecule has 0 radical (unpaired) electrons. The van der Waals surface area contributed by atoms with Crippen LogP contribution < -0.4 is 0 Å². The van der Waals surface area contributed by atoms with E-state index in [0.717, 1.165) is 29.9 Å². The highest BCUT2D eigenvalue weighted by Crippen LogP contribution is 2.32. The largest absolute Gasteiger partial charge is 0.393 e. The minimum absolute atomic E-state index is 0.106. The van der Waals surface area contributed by atoms with Crippen molar-refractivity contribution >= 4 is 15.9 Å². The van der Waals surface area contributed by atoms with E-state index in [1.807, 2.05) is 0 Å². The van der Waals surface area contributed by atoms with Gasteiger partial charge in [-0.3, -0.25) is 0 Å². The second-order valence-electron chi connectivity index (χ2n) is 6.62. The van der Waals surface area contributed by atoms with Crippen molar-refractivity contribution in [1.29, 1.82) is 0 Å². The minimum atomic E-state index is -0.106. The first-order valence-electron chi connectivity index (χ1n) is 8.19. The van der Waals surface area contributed by atoms with Gasteiger partial charge in [-0.1, -0.05) is 47.8 Å². The molecule has 0 heterocycles. The lowest BCUT2D eigenvalue weighted by atomic mass is 9.77. The fourth-order valence-electron chi connectivity index (χ4n) is 3.58. The Balaban J connectivity index is 1.85. The first kappa shape index (κ1) is 17.0. The summed E-state index contributed by atoms with van der Waals surface area (Å²) < 4.78 is 1.12. The van der Waals surface area contributed by atoms with E-state index in [1.54, 1.807) is 0 Å². The Morgan fingerprint density at radius 1 is 1.24 bits per heavy atom. The second kappa shape index (κ2) is 8.30. The molecule has 1 N–H and O–H groups in total.